The molecule has 0 aliphatic heterocycles. The zero-order valence-corrected chi connectivity index (χ0v) is 11.2. The second-order valence-electron chi connectivity index (χ2n) is 4.38. The van der Waals surface area contributed by atoms with Crippen LogP contribution in [0.15, 0.2) is 18.3 Å². The Morgan fingerprint density at radius 3 is 3.17 bits per heavy atom. The first kappa shape index (κ1) is 13.2. The van der Waals surface area contributed by atoms with Crippen LogP contribution < -0.4 is 5.32 Å². The number of carboxylic acid groups (broad SMARTS) is 1. The van der Waals surface area contributed by atoms with Crippen molar-refractivity contribution in [2.45, 2.75) is 37.5 Å². The van der Waals surface area contributed by atoms with E-state index in [0.29, 0.717) is 17.0 Å². The molecule has 1 aliphatic rings. The minimum atomic E-state index is -0.976. The SMILES string of the molecule is CCSC1CCCC1Nc1cccnc1C(=O)O. The van der Waals surface area contributed by atoms with E-state index in [-0.39, 0.29) is 5.69 Å². The summed E-state index contributed by atoms with van der Waals surface area (Å²) in [5.74, 6) is 0.123. The molecule has 1 fully saturated rings. The number of nitrogens with one attached hydrogen (secondary N) is 1. The van der Waals surface area contributed by atoms with Gasteiger partial charge in [-0.2, -0.15) is 11.8 Å². The zero-order valence-electron chi connectivity index (χ0n) is 10.4. The smallest absolute Gasteiger partial charge is 0.356 e. The summed E-state index contributed by atoms with van der Waals surface area (Å²) >= 11 is 1.95. The van der Waals surface area contributed by atoms with Crippen molar-refractivity contribution in [3.63, 3.8) is 0 Å². The third-order valence-corrected chi connectivity index (χ3v) is 4.51. The van der Waals surface area contributed by atoms with Crippen molar-refractivity contribution in [3.05, 3.63) is 24.0 Å². The van der Waals surface area contributed by atoms with Crippen molar-refractivity contribution in [2.24, 2.45) is 0 Å². The summed E-state index contributed by atoms with van der Waals surface area (Å²) in [7, 11) is 0. The Balaban J connectivity index is 2.11. The molecule has 18 heavy (non-hydrogen) atoms. The average molecular weight is 266 g/mol. The molecule has 1 aromatic rings. The Bertz CT molecular complexity index is 425. The quantitative estimate of drug-likeness (QED) is 0.858. The standard InChI is InChI=1S/C13H18N2O2S/c1-2-18-11-7-3-5-9(11)15-10-6-4-8-14-12(10)13(16)17/h4,6,8-9,11,15H,2-3,5,7H2,1H3,(H,16,17). The number of aromatic nitrogens is 1. The molecule has 2 rings (SSSR count). The lowest BCUT2D eigenvalue weighted by molar-refractivity contribution is 0.0691. The van der Waals surface area contributed by atoms with E-state index in [1.807, 2.05) is 11.8 Å². The van der Waals surface area contributed by atoms with Crippen LogP contribution in [0.25, 0.3) is 0 Å². The van der Waals surface area contributed by atoms with E-state index in [2.05, 4.69) is 17.2 Å². The minimum Gasteiger partial charge on any atom is -0.476 e. The maximum Gasteiger partial charge on any atom is 0.356 e. The van der Waals surface area contributed by atoms with Gasteiger partial charge in [0.15, 0.2) is 5.69 Å². The molecule has 4 nitrogen and oxygen atoms in total. The van der Waals surface area contributed by atoms with Crippen molar-refractivity contribution >= 4 is 23.4 Å². The average Bonchev–Trinajstić information content (AvgIpc) is 2.78. The Labute approximate surface area is 111 Å². The van der Waals surface area contributed by atoms with E-state index in [4.69, 9.17) is 5.11 Å². The number of anilines is 1. The van der Waals surface area contributed by atoms with Gasteiger partial charge in [-0.1, -0.05) is 13.3 Å². The lowest BCUT2D eigenvalue weighted by Gasteiger charge is -2.21. The fourth-order valence-electron chi connectivity index (χ4n) is 2.40. The lowest BCUT2D eigenvalue weighted by Crippen LogP contribution is -2.27. The van der Waals surface area contributed by atoms with E-state index < -0.39 is 5.97 Å². The van der Waals surface area contributed by atoms with Crippen molar-refractivity contribution in [3.8, 4) is 0 Å². The normalized spacial score (nSPS) is 22.9. The van der Waals surface area contributed by atoms with Crippen molar-refractivity contribution in [1.29, 1.82) is 0 Å². The molecule has 0 radical (unpaired) electrons. The first-order valence-electron chi connectivity index (χ1n) is 6.28. The van der Waals surface area contributed by atoms with Gasteiger partial charge in [0.25, 0.3) is 0 Å². The summed E-state index contributed by atoms with van der Waals surface area (Å²) < 4.78 is 0. The molecule has 2 unspecified atom stereocenters. The number of hydrogen-bond donors (Lipinski definition) is 2. The van der Waals surface area contributed by atoms with Crippen LogP contribution in [0.1, 0.15) is 36.7 Å². The highest BCUT2D eigenvalue weighted by Crippen LogP contribution is 2.32. The van der Waals surface area contributed by atoms with Crippen LogP contribution in [0.2, 0.25) is 0 Å². The zero-order chi connectivity index (χ0) is 13.0. The molecule has 2 atom stereocenters. The molecule has 98 valence electrons. The Hall–Kier alpha value is -1.23. The van der Waals surface area contributed by atoms with Gasteiger partial charge in [0.1, 0.15) is 0 Å². The minimum absolute atomic E-state index is 0.115. The van der Waals surface area contributed by atoms with Gasteiger partial charge in [-0.15, -0.1) is 0 Å². The van der Waals surface area contributed by atoms with Gasteiger partial charge in [0.05, 0.1) is 5.69 Å². The predicted octanol–water partition coefficient (Wildman–Crippen LogP) is 2.87. The molecule has 0 aromatic carbocycles. The molecule has 0 bridgehead atoms. The highest BCUT2D eigenvalue weighted by molar-refractivity contribution is 7.99. The molecule has 5 heteroatoms. The third kappa shape index (κ3) is 2.96. The van der Waals surface area contributed by atoms with Gasteiger partial charge in [-0.05, 0) is 30.7 Å². The van der Waals surface area contributed by atoms with Crippen LogP contribution in [-0.4, -0.2) is 33.1 Å². The van der Waals surface area contributed by atoms with Crippen LogP contribution in [0, 0.1) is 0 Å². The molecule has 1 aromatic heterocycles. The molecular weight excluding hydrogens is 248 g/mol. The maximum atomic E-state index is 11.1. The van der Waals surface area contributed by atoms with E-state index >= 15 is 0 Å². The summed E-state index contributed by atoms with van der Waals surface area (Å²) in [4.78, 5) is 15.0. The summed E-state index contributed by atoms with van der Waals surface area (Å²) in [5.41, 5.74) is 0.753. The van der Waals surface area contributed by atoms with Crippen molar-refractivity contribution in [2.75, 3.05) is 11.1 Å². The second-order valence-corrected chi connectivity index (χ2v) is 5.90. The lowest BCUT2D eigenvalue weighted by atomic mass is 10.2. The molecular formula is C13H18N2O2S. The first-order valence-corrected chi connectivity index (χ1v) is 7.33. The van der Waals surface area contributed by atoms with Crippen molar-refractivity contribution in [1.82, 2.24) is 4.98 Å². The topological polar surface area (TPSA) is 62.2 Å². The van der Waals surface area contributed by atoms with Gasteiger partial charge >= 0.3 is 5.97 Å². The predicted molar refractivity (Wildman–Crippen MR) is 74.4 cm³/mol. The molecule has 1 saturated carbocycles. The number of pyridine rings is 1. The Kier molecular flexibility index (Phi) is 4.47. The maximum absolute atomic E-state index is 11.1. The fourth-order valence-corrected chi connectivity index (χ4v) is 3.59. The molecule has 2 N–H and O–H groups in total. The van der Waals surface area contributed by atoms with E-state index in [1.54, 1.807) is 12.1 Å². The molecule has 0 spiro atoms. The first-order chi connectivity index (χ1) is 8.72. The monoisotopic (exact) mass is 266 g/mol. The number of nitrogens with zero attached hydrogens (tertiary/aromatic N) is 1. The Morgan fingerprint density at radius 1 is 1.61 bits per heavy atom. The van der Waals surface area contributed by atoms with Gasteiger partial charge in [-0.3, -0.25) is 0 Å². The Morgan fingerprint density at radius 2 is 2.44 bits per heavy atom. The summed E-state index contributed by atoms with van der Waals surface area (Å²) in [6, 6.07) is 3.92. The third-order valence-electron chi connectivity index (χ3n) is 3.18. The van der Waals surface area contributed by atoms with Gasteiger partial charge in [0, 0.05) is 17.5 Å². The highest BCUT2D eigenvalue weighted by atomic mass is 32.2. The van der Waals surface area contributed by atoms with Crippen LogP contribution in [-0.2, 0) is 0 Å². The van der Waals surface area contributed by atoms with Crippen LogP contribution in [0.4, 0.5) is 5.69 Å². The number of carboxylic acids is 1. The largest absolute Gasteiger partial charge is 0.476 e. The van der Waals surface area contributed by atoms with Crippen LogP contribution in [0.3, 0.4) is 0 Å². The molecule has 0 saturated heterocycles. The summed E-state index contributed by atoms with van der Waals surface area (Å²) in [6.07, 6.45) is 5.03. The van der Waals surface area contributed by atoms with E-state index in [0.717, 1.165) is 12.2 Å². The number of thioether (sulfide) groups is 1. The van der Waals surface area contributed by atoms with Gasteiger partial charge in [0.2, 0.25) is 0 Å². The van der Waals surface area contributed by atoms with Crippen LogP contribution in [0.5, 0.6) is 0 Å². The van der Waals surface area contributed by atoms with E-state index in [1.165, 1.54) is 19.0 Å². The van der Waals surface area contributed by atoms with Gasteiger partial charge in [-0.25, -0.2) is 9.78 Å². The fraction of sp³-hybridized carbons (Fsp3) is 0.538. The number of rotatable bonds is 5. The van der Waals surface area contributed by atoms with Gasteiger partial charge < -0.3 is 10.4 Å². The molecule has 0 amide bonds. The summed E-state index contributed by atoms with van der Waals surface area (Å²) in [6.45, 7) is 2.16. The molecule has 1 aliphatic carbocycles. The number of carbonyl (C=O) groups is 1. The van der Waals surface area contributed by atoms with Crippen LogP contribution >= 0.6 is 11.8 Å². The number of hydrogen-bond acceptors (Lipinski definition) is 4. The number of aromatic carboxylic acids is 1. The highest BCUT2D eigenvalue weighted by Gasteiger charge is 2.28. The second kappa shape index (κ2) is 6.09. The van der Waals surface area contributed by atoms with Crippen molar-refractivity contribution < 1.29 is 9.90 Å². The van der Waals surface area contributed by atoms with E-state index in [9.17, 15) is 4.79 Å². The molecule has 1 heterocycles. The summed E-state index contributed by atoms with van der Waals surface area (Å²) in [5, 5.41) is 13.0.